The molecule has 2 aromatic rings. The molecule has 20 heavy (non-hydrogen) atoms. The normalized spacial score (nSPS) is 10.6. The van der Waals surface area contributed by atoms with Gasteiger partial charge in [-0.1, -0.05) is 24.3 Å². The topological polar surface area (TPSA) is 21.3 Å². The van der Waals surface area contributed by atoms with E-state index >= 15 is 0 Å². The van der Waals surface area contributed by atoms with Crippen molar-refractivity contribution in [3.63, 3.8) is 0 Å². The number of halogens is 2. The zero-order valence-corrected chi connectivity index (χ0v) is 12.9. The van der Waals surface area contributed by atoms with Gasteiger partial charge in [0.1, 0.15) is 18.2 Å². The molecule has 0 aromatic heterocycles. The van der Waals surface area contributed by atoms with Crippen LogP contribution in [-0.4, -0.2) is 13.6 Å². The monoisotopic (exact) mass is 337 g/mol. The first kappa shape index (κ1) is 15.0. The van der Waals surface area contributed by atoms with Crippen molar-refractivity contribution in [1.82, 2.24) is 5.32 Å². The molecule has 0 bridgehead atoms. The van der Waals surface area contributed by atoms with E-state index in [1.165, 1.54) is 11.6 Å². The van der Waals surface area contributed by atoms with Crippen LogP contribution in [0.25, 0.3) is 0 Å². The third kappa shape index (κ3) is 4.32. The van der Waals surface area contributed by atoms with Gasteiger partial charge in [0.25, 0.3) is 0 Å². The van der Waals surface area contributed by atoms with Crippen LogP contribution in [0.3, 0.4) is 0 Å². The van der Waals surface area contributed by atoms with E-state index in [1.807, 2.05) is 19.2 Å². The zero-order chi connectivity index (χ0) is 14.4. The highest BCUT2D eigenvalue weighted by atomic mass is 79.9. The third-order valence-corrected chi connectivity index (χ3v) is 3.63. The van der Waals surface area contributed by atoms with Crippen LogP contribution < -0.4 is 10.1 Å². The van der Waals surface area contributed by atoms with Gasteiger partial charge >= 0.3 is 0 Å². The quantitative estimate of drug-likeness (QED) is 0.862. The molecule has 0 unspecified atom stereocenters. The average molecular weight is 338 g/mol. The fourth-order valence-electron chi connectivity index (χ4n) is 1.80. The van der Waals surface area contributed by atoms with Crippen LogP contribution >= 0.6 is 15.9 Å². The van der Waals surface area contributed by atoms with Gasteiger partial charge in [0.15, 0.2) is 0 Å². The lowest BCUT2D eigenvalue weighted by molar-refractivity contribution is 0.304. The molecule has 0 amide bonds. The van der Waals surface area contributed by atoms with Crippen molar-refractivity contribution in [3.8, 4) is 5.75 Å². The molecule has 0 aliphatic heterocycles. The Labute approximate surface area is 127 Å². The van der Waals surface area contributed by atoms with E-state index in [2.05, 4.69) is 33.4 Å². The molecule has 4 heteroatoms. The molecule has 0 aliphatic rings. The van der Waals surface area contributed by atoms with Gasteiger partial charge in [-0.2, -0.15) is 0 Å². The number of rotatable bonds is 6. The standard InChI is InChI=1S/C16H17BrFNO/c1-19-9-8-12-2-4-13(5-3-12)11-20-14-6-7-15(17)16(18)10-14/h2-7,10,19H,8-9,11H2,1H3. The van der Waals surface area contributed by atoms with Crippen molar-refractivity contribution in [2.45, 2.75) is 13.0 Å². The lowest BCUT2D eigenvalue weighted by Crippen LogP contribution is -2.10. The highest BCUT2D eigenvalue weighted by Crippen LogP contribution is 2.21. The van der Waals surface area contributed by atoms with E-state index in [1.54, 1.807) is 12.1 Å². The Morgan fingerprint density at radius 3 is 2.45 bits per heavy atom. The molecule has 0 spiro atoms. The van der Waals surface area contributed by atoms with Crippen LogP contribution in [0.5, 0.6) is 5.75 Å². The van der Waals surface area contributed by atoms with E-state index in [0.29, 0.717) is 16.8 Å². The van der Waals surface area contributed by atoms with Crippen molar-refractivity contribution in [3.05, 3.63) is 63.9 Å². The molecule has 0 radical (unpaired) electrons. The van der Waals surface area contributed by atoms with Crippen molar-refractivity contribution < 1.29 is 9.13 Å². The Balaban J connectivity index is 1.91. The van der Waals surface area contributed by atoms with Gasteiger partial charge < -0.3 is 10.1 Å². The predicted octanol–water partition coefficient (Wildman–Crippen LogP) is 3.93. The van der Waals surface area contributed by atoms with Gasteiger partial charge in [-0.05, 0) is 59.2 Å². The van der Waals surface area contributed by atoms with Crippen LogP contribution in [-0.2, 0) is 13.0 Å². The van der Waals surface area contributed by atoms with Gasteiger partial charge in [-0.25, -0.2) is 4.39 Å². The number of ether oxygens (including phenoxy) is 1. The number of nitrogens with one attached hydrogen (secondary N) is 1. The minimum absolute atomic E-state index is 0.315. The van der Waals surface area contributed by atoms with E-state index < -0.39 is 0 Å². The molecule has 2 nitrogen and oxygen atoms in total. The maximum absolute atomic E-state index is 13.3. The highest BCUT2D eigenvalue weighted by molar-refractivity contribution is 9.10. The molecule has 106 valence electrons. The Hall–Kier alpha value is -1.39. The summed E-state index contributed by atoms with van der Waals surface area (Å²) in [5, 5.41) is 3.12. The lowest BCUT2D eigenvalue weighted by Gasteiger charge is -2.08. The predicted molar refractivity (Wildman–Crippen MR) is 82.5 cm³/mol. The summed E-state index contributed by atoms with van der Waals surface area (Å²) in [6.07, 6.45) is 1.01. The fourth-order valence-corrected chi connectivity index (χ4v) is 2.05. The maximum Gasteiger partial charge on any atom is 0.141 e. The number of hydrogen-bond acceptors (Lipinski definition) is 2. The van der Waals surface area contributed by atoms with Gasteiger partial charge in [0.2, 0.25) is 0 Å². The largest absolute Gasteiger partial charge is 0.489 e. The first-order valence-corrected chi connectivity index (χ1v) is 7.28. The van der Waals surface area contributed by atoms with E-state index in [-0.39, 0.29) is 5.82 Å². The smallest absolute Gasteiger partial charge is 0.141 e. The SMILES string of the molecule is CNCCc1ccc(COc2ccc(Br)c(F)c2)cc1. The Kier molecular flexibility index (Phi) is 5.56. The van der Waals surface area contributed by atoms with Crippen LogP contribution in [0, 0.1) is 5.82 Å². The molecule has 2 aromatic carbocycles. The minimum Gasteiger partial charge on any atom is -0.489 e. The summed E-state index contributed by atoms with van der Waals surface area (Å²) in [7, 11) is 1.94. The average Bonchev–Trinajstić information content (AvgIpc) is 2.47. The molecule has 0 saturated heterocycles. The van der Waals surface area contributed by atoms with E-state index in [9.17, 15) is 4.39 Å². The first-order chi connectivity index (χ1) is 9.69. The molecule has 0 fully saturated rings. The van der Waals surface area contributed by atoms with Gasteiger partial charge in [0, 0.05) is 6.07 Å². The molecular formula is C16H17BrFNO. The van der Waals surface area contributed by atoms with Crippen LogP contribution in [0.2, 0.25) is 0 Å². The molecule has 0 heterocycles. The van der Waals surface area contributed by atoms with Crippen LogP contribution in [0.15, 0.2) is 46.9 Å². The second kappa shape index (κ2) is 7.41. The lowest BCUT2D eigenvalue weighted by atomic mass is 10.1. The van der Waals surface area contributed by atoms with E-state index in [0.717, 1.165) is 18.5 Å². The van der Waals surface area contributed by atoms with Crippen molar-refractivity contribution >= 4 is 15.9 Å². The summed E-state index contributed by atoms with van der Waals surface area (Å²) < 4.78 is 19.4. The zero-order valence-electron chi connectivity index (χ0n) is 11.3. The van der Waals surface area contributed by atoms with E-state index in [4.69, 9.17) is 4.74 Å². The van der Waals surface area contributed by atoms with Gasteiger partial charge in [-0.15, -0.1) is 0 Å². The molecular weight excluding hydrogens is 321 g/mol. The second-order valence-corrected chi connectivity index (χ2v) is 5.39. The molecule has 0 saturated carbocycles. The van der Waals surface area contributed by atoms with Crippen LogP contribution in [0.1, 0.15) is 11.1 Å². The Morgan fingerprint density at radius 2 is 1.80 bits per heavy atom. The van der Waals surface area contributed by atoms with Crippen molar-refractivity contribution in [2.75, 3.05) is 13.6 Å². The fraction of sp³-hybridized carbons (Fsp3) is 0.250. The molecule has 0 atom stereocenters. The molecule has 0 aliphatic carbocycles. The Morgan fingerprint density at radius 1 is 1.10 bits per heavy atom. The number of likely N-dealkylation sites (N-methyl/N-ethyl adjacent to an activating group) is 1. The Bertz CT molecular complexity index is 557. The maximum atomic E-state index is 13.3. The minimum atomic E-state index is -0.315. The second-order valence-electron chi connectivity index (χ2n) is 4.53. The first-order valence-electron chi connectivity index (χ1n) is 6.49. The summed E-state index contributed by atoms with van der Waals surface area (Å²) in [6, 6.07) is 13.0. The summed E-state index contributed by atoms with van der Waals surface area (Å²) >= 11 is 3.12. The highest BCUT2D eigenvalue weighted by Gasteiger charge is 2.02. The third-order valence-electron chi connectivity index (χ3n) is 2.98. The number of hydrogen-bond donors (Lipinski definition) is 1. The van der Waals surface area contributed by atoms with Crippen molar-refractivity contribution in [2.24, 2.45) is 0 Å². The molecule has 2 rings (SSSR count). The summed E-state index contributed by atoms with van der Waals surface area (Å²) in [4.78, 5) is 0. The summed E-state index contributed by atoms with van der Waals surface area (Å²) in [5.74, 6) is 0.217. The molecule has 1 N–H and O–H groups in total. The van der Waals surface area contributed by atoms with Crippen LogP contribution in [0.4, 0.5) is 4.39 Å². The number of benzene rings is 2. The van der Waals surface area contributed by atoms with Gasteiger partial charge in [0.05, 0.1) is 4.47 Å². The summed E-state index contributed by atoms with van der Waals surface area (Å²) in [5.41, 5.74) is 2.36. The van der Waals surface area contributed by atoms with Gasteiger partial charge in [-0.3, -0.25) is 0 Å². The van der Waals surface area contributed by atoms with Crippen molar-refractivity contribution in [1.29, 1.82) is 0 Å². The summed E-state index contributed by atoms with van der Waals surface area (Å²) in [6.45, 7) is 1.40.